The molecule has 410 valence electrons. The predicted octanol–water partition coefficient (Wildman–Crippen LogP) is 8.66. The molecule has 2 fully saturated rings. The average Bonchev–Trinajstić information content (AvgIpc) is 3.36. The van der Waals surface area contributed by atoms with Crippen LogP contribution < -0.4 is 5.32 Å². The third-order valence-electron chi connectivity index (χ3n) is 13.8. The van der Waals surface area contributed by atoms with Gasteiger partial charge in [-0.15, -0.1) is 0 Å². The van der Waals surface area contributed by atoms with E-state index >= 15 is 0 Å². The van der Waals surface area contributed by atoms with Gasteiger partial charge in [-0.3, -0.25) is 4.79 Å². The number of ether oxygens (including phenoxy) is 4. The first-order chi connectivity index (χ1) is 34.1. The highest BCUT2D eigenvalue weighted by Crippen LogP contribution is 2.30. The summed E-state index contributed by atoms with van der Waals surface area (Å²) in [6.45, 7) is 2.78. The fraction of sp³-hybridized carbons (Fsp3) is 0.875. The summed E-state index contributed by atoms with van der Waals surface area (Å²) in [6, 6.07) is -0.934. The number of rotatable bonds is 44. The minimum Gasteiger partial charge on any atom is -0.394 e. The van der Waals surface area contributed by atoms with Gasteiger partial charge in [0.25, 0.3) is 0 Å². The number of hydrogen-bond acceptors (Lipinski definition) is 13. The molecule has 0 aromatic rings. The van der Waals surface area contributed by atoms with Crippen LogP contribution in [0.3, 0.4) is 0 Å². The summed E-state index contributed by atoms with van der Waals surface area (Å²) in [4.78, 5) is 13.2. The van der Waals surface area contributed by atoms with Crippen molar-refractivity contribution in [3.05, 3.63) is 36.5 Å². The van der Waals surface area contributed by atoms with Crippen LogP contribution in [-0.2, 0) is 23.7 Å². The van der Waals surface area contributed by atoms with E-state index < -0.39 is 86.8 Å². The van der Waals surface area contributed by atoms with E-state index in [1.54, 1.807) is 6.08 Å². The number of unbranched alkanes of at least 4 members (excludes halogenated alkanes) is 27. The lowest BCUT2D eigenvalue weighted by molar-refractivity contribution is -0.359. The SMILES string of the molecule is CCCCCCCCCCCC/C=C/CC/C=C/CC/C=C/C(O)C(COC1OC(CO)C(OC2OC(CO)C(O)C(O)C2O)C(O)C1O)NC(=O)CCCCCCCCCCCCCCCCCC. The number of amides is 1. The van der Waals surface area contributed by atoms with Crippen molar-refractivity contribution in [2.24, 2.45) is 0 Å². The second-order valence-electron chi connectivity index (χ2n) is 20.1. The maximum absolute atomic E-state index is 13.2. The van der Waals surface area contributed by atoms with E-state index in [2.05, 4.69) is 43.5 Å². The standard InChI is InChI=1S/C56H103NO13/c1-3-5-7-9-11-13-15-17-19-21-22-23-24-25-27-29-31-33-35-37-39-45(60)44(57-48(61)40-38-36-34-32-30-28-26-20-18-16-14-12-10-8-6-4-2)43-67-55-53(66)51(64)54(47(42-59)69-55)70-56-52(65)50(63)49(62)46(41-58)68-56/h23-24,29,31,37,39,44-47,49-56,58-60,62-66H,3-22,25-28,30,32-36,38,40-43H2,1-2H3,(H,57,61)/b24-23+,31-29+,39-37+. The van der Waals surface area contributed by atoms with E-state index in [1.807, 2.05) is 6.08 Å². The van der Waals surface area contributed by atoms with Crippen molar-refractivity contribution in [2.45, 2.75) is 293 Å². The van der Waals surface area contributed by atoms with Gasteiger partial charge in [0.2, 0.25) is 5.91 Å². The minimum atomic E-state index is -1.79. The van der Waals surface area contributed by atoms with Gasteiger partial charge in [-0.25, -0.2) is 0 Å². The lowest BCUT2D eigenvalue weighted by Gasteiger charge is -2.46. The number of nitrogens with one attached hydrogen (secondary N) is 1. The summed E-state index contributed by atoms with van der Waals surface area (Å²) < 4.78 is 22.7. The van der Waals surface area contributed by atoms with Crippen LogP contribution >= 0.6 is 0 Å². The molecule has 2 heterocycles. The molecule has 0 aromatic heterocycles. The van der Waals surface area contributed by atoms with Crippen LogP contribution in [0.2, 0.25) is 0 Å². The molecule has 9 N–H and O–H groups in total. The topological polar surface area (TPSA) is 228 Å². The quantitative estimate of drug-likeness (QED) is 0.0206. The van der Waals surface area contributed by atoms with Gasteiger partial charge in [-0.2, -0.15) is 0 Å². The first-order valence-corrected chi connectivity index (χ1v) is 28.2. The predicted molar refractivity (Wildman–Crippen MR) is 277 cm³/mol. The van der Waals surface area contributed by atoms with Gasteiger partial charge in [0, 0.05) is 6.42 Å². The molecule has 2 rings (SSSR count). The number of allylic oxidation sites excluding steroid dienone is 5. The zero-order valence-electron chi connectivity index (χ0n) is 43.8. The van der Waals surface area contributed by atoms with Crippen molar-refractivity contribution < 1.29 is 64.6 Å². The molecule has 0 aromatic carbocycles. The maximum atomic E-state index is 13.2. The Hall–Kier alpha value is -1.79. The van der Waals surface area contributed by atoms with Gasteiger partial charge in [0.1, 0.15) is 48.8 Å². The van der Waals surface area contributed by atoms with E-state index in [-0.39, 0.29) is 18.9 Å². The van der Waals surface area contributed by atoms with Crippen LogP contribution in [0, 0.1) is 0 Å². The van der Waals surface area contributed by atoms with Crippen LogP contribution in [0.15, 0.2) is 36.5 Å². The van der Waals surface area contributed by atoms with Gasteiger partial charge < -0.3 is 65.1 Å². The second kappa shape index (κ2) is 42.6. The number of carbonyl (C=O) groups is 1. The third kappa shape index (κ3) is 28.6. The van der Waals surface area contributed by atoms with Crippen molar-refractivity contribution in [1.82, 2.24) is 5.32 Å². The molecular weight excluding hydrogens is 895 g/mol. The molecule has 0 spiro atoms. The van der Waals surface area contributed by atoms with Gasteiger partial charge in [-0.1, -0.05) is 204 Å². The Kier molecular flexibility index (Phi) is 39.1. The van der Waals surface area contributed by atoms with Crippen LogP contribution in [0.5, 0.6) is 0 Å². The molecule has 14 nitrogen and oxygen atoms in total. The molecule has 2 aliphatic heterocycles. The van der Waals surface area contributed by atoms with E-state index in [0.717, 1.165) is 44.9 Å². The van der Waals surface area contributed by atoms with Crippen molar-refractivity contribution in [3.63, 3.8) is 0 Å². The van der Waals surface area contributed by atoms with E-state index in [9.17, 15) is 45.6 Å². The van der Waals surface area contributed by atoms with Crippen molar-refractivity contribution in [1.29, 1.82) is 0 Å². The number of carbonyl (C=O) groups excluding carboxylic acids is 1. The molecule has 0 bridgehead atoms. The lowest BCUT2D eigenvalue weighted by atomic mass is 9.97. The Morgan fingerprint density at radius 1 is 0.500 bits per heavy atom. The zero-order valence-corrected chi connectivity index (χ0v) is 43.8. The lowest BCUT2D eigenvalue weighted by Crippen LogP contribution is -2.65. The third-order valence-corrected chi connectivity index (χ3v) is 13.8. The van der Waals surface area contributed by atoms with Crippen molar-refractivity contribution in [2.75, 3.05) is 19.8 Å². The van der Waals surface area contributed by atoms with Crippen LogP contribution in [0.4, 0.5) is 0 Å². The van der Waals surface area contributed by atoms with Gasteiger partial charge in [0.05, 0.1) is 32.0 Å². The molecule has 1 amide bonds. The molecule has 2 aliphatic rings. The molecule has 2 saturated heterocycles. The van der Waals surface area contributed by atoms with E-state index in [0.29, 0.717) is 12.8 Å². The number of hydrogen-bond donors (Lipinski definition) is 9. The Labute approximate surface area is 423 Å². The van der Waals surface area contributed by atoms with Gasteiger partial charge in [0.15, 0.2) is 12.6 Å². The fourth-order valence-electron chi connectivity index (χ4n) is 9.21. The molecule has 0 radical (unpaired) electrons. The fourth-order valence-corrected chi connectivity index (χ4v) is 9.21. The highest BCUT2D eigenvalue weighted by atomic mass is 16.7. The molecule has 70 heavy (non-hydrogen) atoms. The highest BCUT2D eigenvalue weighted by molar-refractivity contribution is 5.76. The first-order valence-electron chi connectivity index (χ1n) is 28.2. The molecular formula is C56H103NO13. The Balaban J connectivity index is 1.83. The van der Waals surface area contributed by atoms with Gasteiger partial charge in [-0.05, 0) is 44.9 Å². The van der Waals surface area contributed by atoms with E-state index in [1.165, 1.54) is 141 Å². The monoisotopic (exact) mass is 998 g/mol. The smallest absolute Gasteiger partial charge is 0.220 e. The van der Waals surface area contributed by atoms with E-state index in [4.69, 9.17) is 18.9 Å². The second-order valence-corrected chi connectivity index (χ2v) is 20.1. The Bertz CT molecular complexity index is 1320. The maximum Gasteiger partial charge on any atom is 0.220 e. The van der Waals surface area contributed by atoms with Crippen LogP contribution in [0.1, 0.15) is 219 Å². The summed E-state index contributed by atoms with van der Waals surface area (Å²) in [7, 11) is 0. The Morgan fingerprint density at radius 2 is 0.914 bits per heavy atom. The summed E-state index contributed by atoms with van der Waals surface area (Å²) in [6.07, 6.45) is 33.2. The first kappa shape index (κ1) is 64.3. The van der Waals surface area contributed by atoms with Crippen LogP contribution in [-0.4, -0.2) is 140 Å². The zero-order chi connectivity index (χ0) is 51.0. The van der Waals surface area contributed by atoms with Crippen LogP contribution in [0.25, 0.3) is 0 Å². The molecule has 14 heteroatoms. The summed E-state index contributed by atoms with van der Waals surface area (Å²) >= 11 is 0. The average molecular weight is 998 g/mol. The molecule has 0 saturated carbocycles. The molecule has 12 unspecified atom stereocenters. The summed E-state index contributed by atoms with van der Waals surface area (Å²) in [5.41, 5.74) is 0. The highest BCUT2D eigenvalue weighted by Gasteiger charge is 2.51. The Morgan fingerprint density at radius 3 is 1.40 bits per heavy atom. The van der Waals surface area contributed by atoms with Crippen molar-refractivity contribution >= 4 is 5.91 Å². The molecule has 0 aliphatic carbocycles. The largest absolute Gasteiger partial charge is 0.394 e. The normalized spacial score (nSPS) is 26.2. The number of aliphatic hydroxyl groups excluding tert-OH is 8. The summed E-state index contributed by atoms with van der Waals surface area (Å²) in [5.74, 6) is -0.252. The summed E-state index contributed by atoms with van der Waals surface area (Å²) in [5, 5.41) is 86.9. The van der Waals surface area contributed by atoms with Gasteiger partial charge >= 0.3 is 0 Å². The number of aliphatic hydroxyl groups is 8. The minimum absolute atomic E-state index is 0.252. The van der Waals surface area contributed by atoms with Crippen molar-refractivity contribution in [3.8, 4) is 0 Å². The molecule has 12 atom stereocenters.